The van der Waals surface area contributed by atoms with E-state index in [1.54, 1.807) is 12.1 Å². The molecule has 2 aromatic carbocycles. The molecule has 3 aromatic rings. The quantitative estimate of drug-likeness (QED) is 0.598. The summed E-state index contributed by atoms with van der Waals surface area (Å²) in [6.45, 7) is 0. The molecule has 4 nitrogen and oxygen atoms in total. The van der Waals surface area contributed by atoms with Gasteiger partial charge in [0.1, 0.15) is 11.8 Å². The van der Waals surface area contributed by atoms with E-state index in [9.17, 15) is 13.2 Å². The van der Waals surface area contributed by atoms with Crippen LogP contribution in [0.1, 0.15) is 11.3 Å². The Kier molecular flexibility index (Phi) is 4.57. The van der Waals surface area contributed by atoms with Gasteiger partial charge in [-0.25, -0.2) is 0 Å². The van der Waals surface area contributed by atoms with Gasteiger partial charge in [-0.3, -0.25) is 5.10 Å². The minimum atomic E-state index is -4.41. The molecule has 0 bridgehead atoms. The highest BCUT2D eigenvalue weighted by Crippen LogP contribution is 2.42. The Morgan fingerprint density at radius 2 is 1.58 bits per heavy atom. The summed E-state index contributed by atoms with van der Waals surface area (Å²) in [4.78, 5) is 0. The Morgan fingerprint density at radius 1 is 1.00 bits per heavy atom. The van der Waals surface area contributed by atoms with Crippen LogP contribution in [0.5, 0.6) is 0 Å². The first-order valence-corrected chi connectivity index (χ1v) is 7.89. The third-order valence-corrected chi connectivity index (χ3v) is 4.34. The number of hydrogen-bond donors (Lipinski definition) is 2. The van der Waals surface area contributed by atoms with Crippen LogP contribution in [-0.4, -0.2) is 10.2 Å². The third-order valence-electron chi connectivity index (χ3n) is 3.74. The van der Waals surface area contributed by atoms with Crippen LogP contribution in [-0.2, 0) is 6.18 Å². The number of rotatable bonds is 2. The summed E-state index contributed by atoms with van der Waals surface area (Å²) in [5.41, 5.74) is 6.77. The predicted octanol–water partition coefficient (Wildman–Crippen LogP) is 5.52. The molecule has 0 spiro atoms. The van der Waals surface area contributed by atoms with E-state index in [2.05, 4.69) is 10.2 Å². The molecule has 0 fully saturated rings. The fraction of sp³-hybridized carbons (Fsp3) is 0.0588. The molecule has 1 aromatic heterocycles. The summed E-state index contributed by atoms with van der Waals surface area (Å²) < 4.78 is 38.0. The number of nitriles is 1. The Bertz CT molecular complexity index is 995. The molecule has 0 unspecified atom stereocenters. The van der Waals surface area contributed by atoms with Crippen LogP contribution >= 0.6 is 23.2 Å². The van der Waals surface area contributed by atoms with Crippen molar-refractivity contribution in [3.63, 3.8) is 0 Å². The molecule has 0 amide bonds. The van der Waals surface area contributed by atoms with Crippen molar-refractivity contribution in [1.82, 2.24) is 10.2 Å². The lowest BCUT2D eigenvalue weighted by Crippen LogP contribution is -2.04. The SMILES string of the molecule is N#Cc1[nH]nc(N)c1-c1c(Cl)cc(-c2ccc(C(F)(F)F)cc2)cc1Cl. The van der Waals surface area contributed by atoms with Crippen molar-refractivity contribution < 1.29 is 13.2 Å². The summed E-state index contributed by atoms with van der Waals surface area (Å²) in [6.07, 6.45) is -4.41. The average molecular weight is 397 g/mol. The molecule has 3 rings (SSSR count). The van der Waals surface area contributed by atoms with Crippen LogP contribution in [0.2, 0.25) is 10.0 Å². The van der Waals surface area contributed by atoms with E-state index >= 15 is 0 Å². The van der Waals surface area contributed by atoms with Crippen molar-refractivity contribution in [1.29, 1.82) is 5.26 Å². The number of halogens is 5. The molecule has 0 atom stereocenters. The van der Waals surface area contributed by atoms with Crippen molar-refractivity contribution in [2.45, 2.75) is 6.18 Å². The van der Waals surface area contributed by atoms with Crippen molar-refractivity contribution in [2.75, 3.05) is 5.73 Å². The van der Waals surface area contributed by atoms with Crippen LogP contribution < -0.4 is 5.73 Å². The minimum Gasteiger partial charge on any atom is -0.382 e. The van der Waals surface area contributed by atoms with E-state index in [1.165, 1.54) is 12.1 Å². The molecule has 1 heterocycles. The molecule has 0 saturated carbocycles. The van der Waals surface area contributed by atoms with Gasteiger partial charge in [-0.2, -0.15) is 23.5 Å². The molecule has 0 saturated heterocycles. The first kappa shape index (κ1) is 18.1. The van der Waals surface area contributed by atoms with Crippen LogP contribution in [0, 0.1) is 11.3 Å². The Morgan fingerprint density at radius 3 is 2.08 bits per heavy atom. The first-order chi connectivity index (χ1) is 12.2. The summed E-state index contributed by atoms with van der Waals surface area (Å²) in [5.74, 6) is 0.0626. The maximum atomic E-state index is 12.7. The van der Waals surface area contributed by atoms with Gasteiger partial charge in [0.15, 0.2) is 5.82 Å². The maximum Gasteiger partial charge on any atom is 0.416 e. The minimum absolute atomic E-state index is 0.0626. The highest BCUT2D eigenvalue weighted by Gasteiger charge is 2.30. The van der Waals surface area contributed by atoms with Gasteiger partial charge < -0.3 is 5.73 Å². The van der Waals surface area contributed by atoms with Gasteiger partial charge in [0.05, 0.1) is 21.2 Å². The number of aromatic nitrogens is 2. The molecule has 3 N–H and O–H groups in total. The number of alkyl halides is 3. The Balaban J connectivity index is 2.08. The number of hydrogen-bond acceptors (Lipinski definition) is 3. The Labute approximate surface area is 156 Å². The standard InChI is InChI=1S/C17H9Cl2F3N4/c18-11-5-9(8-1-3-10(4-2-8)17(20,21)22)6-12(19)14(11)15-13(7-23)25-26-16(15)24/h1-6H,(H3,24,25,26). The van der Waals surface area contributed by atoms with Crippen LogP contribution in [0.3, 0.4) is 0 Å². The predicted molar refractivity (Wildman–Crippen MR) is 93.6 cm³/mol. The molecule has 0 aliphatic rings. The second-order valence-corrected chi connectivity index (χ2v) is 6.18. The topological polar surface area (TPSA) is 78.5 Å². The summed E-state index contributed by atoms with van der Waals surface area (Å²) in [6, 6.07) is 9.62. The second kappa shape index (κ2) is 6.56. The van der Waals surface area contributed by atoms with Gasteiger partial charge in [0, 0.05) is 5.56 Å². The molecule has 132 valence electrons. The van der Waals surface area contributed by atoms with Crippen LogP contribution in [0.15, 0.2) is 36.4 Å². The van der Waals surface area contributed by atoms with Gasteiger partial charge >= 0.3 is 6.18 Å². The number of aromatic amines is 1. The molecule has 26 heavy (non-hydrogen) atoms. The number of nitrogens with two attached hydrogens (primary N) is 1. The molecule has 9 heteroatoms. The van der Waals surface area contributed by atoms with E-state index in [-0.39, 0.29) is 27.1 Å². The van der Waals surface area contributed by atoms with E-state index in [1.807, 2.05) is 6.07 Å². The van der Waals surface area contributed by atoms with Gasteiger partial charge in [-0.1, -0.05) is 35.3 Å². The highest BCUT2D eigenvalue weighted by molar-refractivity contribution is 6.40. The van der Waals surface area contributed by atoms with E-state index in [4.69, 9.17) is 34.2 Å². The lowest BCUT2D eigenvalue weighted by molar-refractivity contribution is -0.137. The number of anilines is 1. The normalized spacial score (nSPS) is 11.4. The van der Waals surface area contributed by atoms with Gasteiger partial charge in [0.2, 0.25) is 0 Å². The molecular weight excluding hydrogens is 388 g/mol. The lowest BCUT2D eigenvalue weighted by atomic mass is 9.99. The van der Waals surface area contributed by atoms with Crippen molar-refractivity contribution in [3.05, 3.63) is 57.7 Å². The van der Waals surface area contributed by atoms with Crippen molar-refractivity contribution in [3.8, 4) is 28.3 Å². The molecule has 0 radical (unpaired) electrons. The van der Waals surface area contributed by atoms with E-state index in [0.717, 1.165) is 12.1 Å². The fourth-order valence-electron chi connectivity index (χ4n) is 2.52. The zero-order valence-corrected chi connectivity index (χ0v) is 14.3. The number of nitrogens with zero attached hydrogens (tertiary/aromatic N) is 2. The number of benzene rings is 2. The highest BCUT2D eigenvalue weighted by atomic mass is 35.5. The zero-order valence-electron chi connectivity index (χ0n) is 12.8. The molecule has 0 aliphatic carbocycles. The number of H-pyrrole nitrogens is 1. The third kappa shape index (κ3) is 3.21. The van der Waals surface area contributed by atoms with Gasteiger partial charge in [0.25, 0.3) is 0 Å². The van der Waals surface area contributed by atoms with Gasteiger partial charge in [-0.15, -0.1) is 0 Å². The molecular formula is C17H9Cl2F3N4. The average Bonchev–Trinajstić information content (AvgIpc) is 2.94. The van der Waals surface area contributed by atoms with Gasteiger partial charge in [-0.05, 0) is 35.4 Å². The summed E-state index contributed by atoms with van der Waals surface area (Å²) in [5, 5.41) is 15.8. The smallest absolute Gasteiger partial charge is 0.382 e. The largest absolute Gasteiger partial charge is 0.416 e. The summed E-state index contributed by atoms with van der Waals surface area (Å²) in [7, 11) is 0. The first-order valence-electron chi connectivity index (χ1n) is 7.13. The Hall–Kier alpha value is -2.69. The number of nitrogens with one attached hydrogen (secondary N) is 1. The fourth-order valence-corrected chi connectivity index (χ4v) is 3.20. The molecule has 0 aliphatic heterocycles. The van der Waals surface area contributed by atoms with Crippen molar-refractivity contribution >= 4 is 29.0 Å². The lowest BCUT2D eigenvalue weighted by Gasteiger charge is -2.11. The van der Waals surface area contributed by atoms with Crippen molar-refractivity contribution in [2.24, 2.45) is 0 Å². The van der Waals surface area contributed by atoms with E-state index < -0.39 is 11.7 Å². The zero-order chi connectivity index (χ0) is 19.1. The van der Waals surface area contributed by atoms with Crippen LogP contribution in [0.4, 0.5) is 19.0 Å². The number of nitrogen functional groups attached to an aromatic ring is 1. The maximum absolute atomic E-state index is 12.7. The van der Waals surface area contributed by atoms with E-state index in [0.29, 0.717) is 16.7 Å². The second-order valence-electron chi connectivity index (χ2n) is 5.36. The summed E-state index contributed by atoms with van der Waals surface area (Å²) >= 11 is 12.6. The monoisotopic (exact) mass is 396 g/mol. The van der Waals surface area contributed by atoms with Crippen LogP contribution in [0.25, 0.3) is 22.3 Å².